The number of aromatic hydroxyl groups is 1. The van der Waals surface area contributed by atoms with Crippen LogP contribution in [-0.2, 0) is 33.6 Å². The van der Waals surface area contributed by atoms with Gasteiger partial charge in [-0.3, -0.25) is 14.4 Å². The molecule has 2 aromatic carbocycles. The number of carbonyl (C=O) groups excluding carboxylic acids is 3. The van der Waals surface area contributed by atoms with Gasteiger partial charge < -0.3 is 21.1 Å². The fraction of sp³-hybridized carbons (Fsp3) is 0.364. The van der Waals surface area contributed by atoms with Crippen LogP contribution in [0.15, 0.2) is 47.1 Å². The second-order valence-corrected chi connectivity index (χ2v) is 11.6. The van der Waals surface area contributed by atoms with E-state index in [9.17, 15) is 29.7 Å². The third-order valence-electron chi connectivity index (χ3n) is 8.85. The number of primary amides is 1. The number of aliphatic hydroxyl groups excluding tert-OH is 1. The largest absolute Gasteiger partial charge is 0.507 e. The minimum Gasteiger partial charge on any atom is -0.507 e. The van der Waals surface area contributed by atoms with Crippen LogP contribution < -0.4 is 5.73 Å². The number of hydrogen-bond acceptors (Lipinski definition) is 6. The summed E-state index contributed by atoms with van der Waals surface area (Å²) in [6.45, 7) is 5.69. The van der Waals surface area contributed by atoms with Crippen LogP contribution >= 0.6 is 0 Å². The maximum atomic E-state index is 13.8. The minimum atomic E-state index is -2.49. The molecule has 0 bridgehead atoms. The lowest BCUT2D eigenvalue weighted by atomic mass is 9.57. The van der Waals surface area contributed by atoms with Crippen molar-refractivity contribution in [2.24, 2.45) is 17.6 Å². The average Bonchev–Trinajstić information content (AvgIpc) is 2.90. The fourth-order valence-corrected chi connectivity index (χ4v) is 6.79. The number of amides is 1. The molecule has 7 nitrogen and oxygen atoms in total. The van der Waals surface area contributed by atoms with Crippen molar-refractivity contribution in [1.29, 1.82) is 0 Å². The zero-order valence-electron chi connectivity index (χ0n) is 22.9. The Labute approximate surface area is 233 Å². The standard InChI is InChI=1S/C33H33NO6/c1-5-18-6-8-19(9-7-18)10-11-20-14-23(16(2)3)24-15-21-13-22-12-17(4)25(32(34)39)30(37)33(22,40)31(38)26(21)29(36)27(24)28(20)35/h1,6-9,14,16,21-22,35-36,40H,10-13,15H2,2-4H3,(H2,34,39)/t21-,22-,33-/m0/s1. The molecule has 0 aromatic heterocycles. The molecule has 0 aliphatic heterocycles. The summed E-state index contributed by atoms with van der Waals surface area (Å²) < 4.78 is 0. The van der Waals surface area contributed by atoms with Crippen LogP contribution in [0.5, 0.6) is 5.75 Å². The van der Waals surface area contributed by atoms with Crippen LogP contribution in [0.2, 0.25) is 0 Å². The van der Waals surface area contributed by atoms with Crippen LogP contribution in [0.3, 0.4) is 0 Å². The van der Waals surface area contributed by atoms with Crippen LogP contribution in [0.1, 0.15) is 72.9 Å². The monoisotopic (exact) mass is 539 g/mol. The Kier molecular flexibility index (Phi) is 6.71. The molecule has 0 radical (unpaired) electrons. The third-order valence-corrected chi connectivity index (χ3v) is 8.85. The van der Waals surface area contributed by atoms with E-state index in [4.69, 9.17) is 12.2 Å². The molecular weight excluding hydrogens is 506 g/mol. The van der Waals surface area contributed by atoms with Crippen LogP contribution in [0.4, 0.5) is 0 Å². The predicted molar refractivity (Wildman–Crippen MR) is 150 cm³/mol. The van der Waals surface area contributed by atoms with Crippen molar-refractivity contribution < 1.29 is 29.7 Å². The van der Waals surface area contributed by atoms with Crippen molar-refractivity contribution in [3.63, 3.8) is 0 Å². The van der Waals surface area contributed by atoms with Crippen molar-refractivity contribution in [2.45, 2.75) is 64.4 Å². The molecule has 40 heavy (non-hydrogen) atoms. The Bertz CT molecular complexity index is 1570. The smallest absolute Gasteiger partial charge is 0.252 e. The molecule has 1 amide bonds. The SMILES string of the molecule is C#Cc1ccc(CCc2cc(C(C)C)c3c(c2O)C(O)=C2C(=O)[C@@]4(O)C(=O)C(C(N)=O)=C(C)C[C@H]4C[C@H]2C3)cc1. The van der Waals surface area contributed by atoms with Gasteiger partial charge in [-0.15, -0.1) is 6.42 Å². The normalized spacial score (nSPS) is 24.0. The molecule has 0 unspecified atom stereocenters. The fourth-order valence-electron chi connectivity index (χ4n) is 6.79. The second-order valence-electron chi connectivity index (χ2n) is 11.6. The highest BCUT2D eigenvalue weighted by molar-refractivity contribution is 6.32. The maximum Gasteiger partial charge on any atom is 0.252 e. The topological polar surface area (TPSA) is 138 Å². The average molecular weight is 540 g/mol. The molecule has 0 saturated heterocycles. The number of allylic oxidation sites excluding steroid dienone is 1. The van der Waals surface area contributed by atoms with Crippen LogP contribution in [0.25, 0.3) is 5.76 Å². The number of aliphatic hydroxyl groups is 2. The molecule has 3 aliphatic rings. The number of benzene rings is 2. The molecule has 3 atom stereocenters. The lowest BCUT2D eigenvalue weighted by Gasteiger charge is -2.46. The number of phenols is 1. The van der Waals surface area contributed by atoms with E-state index in [-0.39, 0.29) is 41.2 Å². The summed E-state index contributed by atoms with van der Waals surface area (Å²) in [5.41, 5.74) is 7.30. The number of terminal acetylenes is 1. The van der Waals surface area contributed by atoms with E-state index in [2.05, 4.69) is 5.92 Å². The zero-order valence-corrected chi connectivity index (χ0v) is 22.9. The van der Waals surface area contributed by atoms with E-state index in [1.807, 2.05) is 44.2 Å². The van der Waals surface area contributed by atoms with Gasteiger partial charge in [0.2, 0.25) is 11.6 Å². The number of Topliss-reactive ketones (excluding diaryl/α,β-unsaturated/α-hetero) is 2. The number of nitrogens with two attached hydrogens (primary N) is 1. The van der Waals surface area contributed by atoms with Gasteiger partial charge in [-0.25, -0.2) is 0 Å². The zero-order chi connectivity index (χ0) is 29.1. The molecule has 7 heteroatoms. The summed E-state index contributed by atoms with van der Waals surface area (Å²) in [5.74, 6) is -1.97. The number of fused-ring (bicyclic) bond motifs is 3. The summed E-state index contributed by atoms with van der Waals surface area (Å²) in [6.07, 6.45) is 7.36. The molecule has 0 heterocycles. The number of ketones is 2. The quantitative estimate of drug-likeness (QED) is 0.259. The molecule has 206 valence electrons. The first-order valence-electron chi connectivity index (χ1n) is 13.6. The molecule has 1 saturated carbocycles. The van der Waals surface area contributed by atoms with Crippen molar-refractivity contribution in [3.8, 4) is 18.1 Å². The Morgan fingerprint density at radius 1 is 1.12 bits per heavy atom. The molecule has 1 fully saturated rings. The summed E-state index contributed by atoms with van der Waals surface area (Å²) in [5, 5.41) is 34.5. The first-order chi connectivity index (χ1) is 18.9. The van der Waals surface area contributed by atoms with Crippen molar-refractivity contribution in [1.82, 2.24) is 0 Å². The van der Waals surface area contributed by atoms with E-state index in [1.54, 1.807) is 6.92 Å². The molecular formula is C33H33NO6. The highest BCUT2D eigenvalue weighted by atomic mass is 16.3. The Morgan fingerprint density at radius 2 is 1.80 bits per heavy atom. The molecule has 0 spiro atoms. The molecule has 5 rings (SSSR count). The predicted octanol–water partition coefficient (Wildman–Crippen LogP) is 3.82. The van der Waals surface area contributed by atoms with Gasteiger partial charge in [0.05, 0.1) is 11.1 Å². The first kappa shape index (κ1) is 27.4. The minimum absolute atomic E-state index is 0.0741. The Morgan fingerprint density at radius 3 is 2.40 bits per heavy atom. The second kappa shape index (κ2) is 9.79. The molecule has 5 N–H and O–H groups in total. The summed E-state index contributed by atoms with van der Waals surface area (Å²) in [4.78, 5) is 39.1. The van der Waals surface area contributed by atoms with Gasteiger partial charge in [-0.05, 0) is 85.3 Å². The lowest BCUT2D eigenvalue weighted by Crippen LogP contribution is -2.61. The first-order valence-corrected chi connectivity index (χ1v) is 13.6. The van der Waals surface area contributed by atoms with Gasteiger partial charge in [0, 0.05) is 17.1 Å². The van der Waals surface area contributed by atoms with Crippen molar-refractivity contribution in [3.05, 3.63) is 80.4 Å². The number of phenolic OH excluding ortho intramolecular Hbond substituents is 1. The van der Waals surface area contributed by atoms with Gasteiger partial charge in [0.25, 0.3) is 5.91 Å². The number of carbonyl (C=O) groups is 3. The van der Waals surface area contributed by atoms with E-state index in [1.165, 1.54) is 0 Å². The maximum absolute atomic E-state index is 13.8. The van der Waals surface area contributed by atoms with E-state index in [0.717, 1.165) is 22.3 Å². The van der Waals surface area contributed by atoms with Crippen LogP contribution in [-0.4, -0.2) is 38.4 Å². The summed E-state index contributed by atoms with van der Waals surface area (Å²) >= 11 is 0. The van der Waals surface area contributed by atoms with Gasteiger partial charge in [-0.2, -0.15) is 0 Å². The van der Waals surface area contributed by atoms with Crippen molar-refractivity contribution >= 4 is 23.2 Å². The molecule has 3 aliphatic carbocycles. The van der Waals surface area contributed by atoms with E-state index >= 15 is 0 Å². The van der Waals surface area contributed by atoms with Crippen molar-refractivity contribution in [2.75, 3.05) is 0 Å². The highest BCUT2D eigenvalue weighted by Crippen LogP contribution is 2.52. The number of rotatable bonds is 5. The summed E-state index contributed by atoms with van der Waals surface area (Å²) in [7, 11) is 0. The number of hydrogen-bond donors (Lipinski definition) is 4. The van der Waals surface area contributed by atoms with Crippen LogP contribution in [0, 0.1) is 24.2 Å². The van der Waals surface area contributed by atoms with Gasteiger partial charge in [-0.1, -0.05) is 43.5 Å². The summed E-state index contributed by atoms with van der Waals surface area (Å²) in [6, 6.07) is 9.57. The Hall–Kier alpha value is -4.15. The third kappa shape index (κ3) is 4.06. The lowest BCUT2D eigenvalue weighted by molar-refractivity contribution is -0.157. The van der Waals surface area contributed by atoms with Gasteiger partial charge >= 0.3 is 0 Å². The van der Waals surface area contributed by atoms with E-state index < -0.39 is 40.7 Å². The number of aryl methyl sites for hydroxylation is 2. The Balaban J connectivity index is 1.59. The van der Waals surface area contributed by atoms with Gasteiger partial charge in [0.1, 0.15) is 11.5 Å². The molecule has 2 aromatic rings. The van der Waals surface area contributed by atoms with E-state index in [0.29, 0.717) is 30.4 Å². The highest BCUT2D eigenvalue weighted by Gasteiger charge is 2.61. The van der Waals surface area contributed by atoms with Gasteiger partial charge in [0.15, 0.2) is 5.60 Å².